The fraction of sp³-hybridized carbons (Fsp3) is 0.333. The van der Waals surface area contributed by atoms with Gasteiger partial charge in [0.05, 0.1) is 34.9 Å². The minimum Gasteiger partial charge on any atom is -0.313 e. The van der Waals surface area contributed by atoms with Crippen molar-refractivity contribution in [2.24, 2.45) is 5.92 Å². The first kappa shape index (κ1) is 16.8. The molecule has 4 rings (SSSR count). The van der Waals surface area contributed by atoms with E-state index >= 15 is 0 Å². The van der Waals surface area contributed by atoms with E-state index in [4.69, 9.17) is 11.6 Å². The number of nitrogens with one attached hydrogen (secondary N) is 2. The van der Waals surface area contributed by atoms with Crippen LogP contribution >= 0.6 is 11.6 Å². The smallest absolute Gasteiger partial charge is 0.313 e. The lowest BCUT2D eigenvalue weighted by molar-refractivity contribution is -0.148. The van der Waals surface area contributed by atoms with Crippen LogP contribution in [0.4, 0.5) is 13.2 Å². The number of hydrogen-bond acceptors (Lipinski definition) is 4. The Morgan fingerprint density at radius 3 is 2.73 bits per heavy atom. The Hall–Kier alpha value is -2.62. The van der Waals surface area contributed by atoms with Gasteiger partial charge in [0, 0.05) is 11.8 Å². The summed E-state index contributed by atoms with van der Waals surface area (Å²) in [6, 6.07) is 1.42. The van der Waals surface area contributed by atoms with Gasteiger partial charge in [-0.2, -0.15) is 18.3 Å². The van der Waals surface area contributed by atoms with Gasteiger partial charge in [-0.1, -0.05) is 0 Å². The second-order valence-corrected chi connectivity index (χ2v) is 6.35. The number of aromatic nitrogens is 5. The zero-order valence-electron chi connectivity index (χ0n) is 13.0. The zero-order chi connectivity index (χ0) is 18.6. The van der Waals surface area contributed by atoms with Crippen LogP contribution in [0, 0.1) is 5.92 Å². The van der Waals surface area contributed by atoms with Gasteiger partial charge >= 0.3 is 11.9 Å². The second-order valence-electron chi connectivity index (χ2n) is 6.08. The monoisotopic (exact) mass is 385 g/mol. The highest BCUT2D eigenvalue weighted by Crippen LogP contribution is 2.57. The molecule has 7 nitrogen and oxygen atoms in total. The van der Waals surface area contributed by atoms with Crippen molar-refractivity contribution >= 4 is 17.2 Å². The molecule has 136 valence electrons. The van der Waals surface area contributed by atoms with Gasteiger partial charge in [0.25, 0.3) is 5.56 Å². The predicted octanol–water partition coefficient (Wildman–Crippen LogP) is 2.18. The van der Waals surface area contributed by atoms with E-state index in [0.29, 0.717) is 11.3 Å². The van der Waals surface area contributed by atoms with Crippen LogP contribution < -0.4 is 11.2 Å². The number of halogens is 4. The summed E-state index contributed by atoms with van der Waals surface area (Å²) >= 11 is 5.85. The van der Waals surface area contributed by atoms with E-state index in [9.17, 15) is 22.8 Å². The first-order valence-corrected chi connectivity index (χ1v) is 8.15. The van der Waals surface area contributed by atoms with Crippen LogP contribution in [0.3, 0.4) is 0 Å². The van der Waals surface area contributed by atoms with Gasteiger partial charge < -0.3 is 4.98 Å². The molecule has 0 radical (unpaired) electrons. The molecular formula is C15H11ClF3N5O2. The number of fused-ring (bicyclic) bond motifs is 1. The maximum Gasteiger partial charge on any atom is 0.392 e. The van der Waals surface area contributed by atoms with Gasteiger partial charge in [0.15, 0.2) is 5.65 Å². The molecule has 0 bridgehead atoms. The summed E-state index contributed by atoms with van der Waals surface area (Å²) < 4.78 is 40.4. The van der Waals surface area contributed by atoms with E-state index < -0.39 is 29.3 Å². The molecule has 1 aliphatic carbocycles. The highest BCUT2D eigenvalue weighted by Gasteiger charge is 2.57. The normalized spacial score (nSPS) is 19.8. The fourth-order valence-corrected chi connectivity index (χ4v) is 3.22. The van der Waals surface area contributed by atoms with Gasteiger partial charge in [0.2, 0.25) is 0 Å². The molecule has 2 atom stereocenters. The average Bonchev–Trinajstić information content (AvgIpc) is 3.28. The third-order valence-corrected chi connectivity index (χ3v) is 4.68. The molecule has 26 heavy (non-hydrogen) atoms. The third kappa shape index (κ3) is 2.70. The molecule has 0 spiro atoms. The SMILES string of the molecule is O=c1[nH]cc(-c2cc(C3CC3C(F)(F)F)c3ncc(CCl)n3n2)c(=O)[nH]1. The van der Waals surface area contributed by atoms with Crippen LogP contribution in [-0.2, 0) is 5.88 Å². The summed E-state index contributed by atoms with van der Waals surface area (Å²) in [5.74, 6) is -2.16. The van der Waals surface area contributed by atoms with Crippen LogP contribution in [0.15, 0.2) is 28.0 Å². The summed E-state index contributed by atoms with van der Waals surface area (Å²) in [5, 5.41) is 4.27. The first-order chi connectivity index (χ1) is 12.3. The minimum atomic E-state index is -4.30. The van der Waals surface area contributed by atoms with Gasteiger partial charge in [-0.05, 0) is 18.4 Å². The molecule has 0 aromatic carbocycles. The topological polar surface area (TPSA) is 95.9 Å². The van der Waals surface area contributed by atoms with Crippen molar-refractivity contribution in [3.63, 3.8) is 0 Å². The molecular weight excluding hydrogens is 375 g/mol. The van der Waals surface area contributed by atoms with Gasteiger partial charge in [0.1, 0.15) is 0 Å². The van der Waals surface area contributed by atoms with E-state index in [2.05, 4.69) is 20.1 Å². The van der Waals surface area contributed by atoms with E-state index in [0.717, 1.165) is 0 Å². The summed E-state index contributed by atoms with van der Waals surface area (Å²) in [6.45, 7) is 0. The number of hydrogen-bond donors (Lipinski definition) is 2. The van der Waals surface area contributed by atoms with Crippen molar-refractivity contribution in [3.05, 3.63) is 50.6 Å². The van der Waals surface area contributed by atoms with Crippen molar-refractivity contribution in [1.29, 1.82) is 0 Å². The Kier molecular flexibility index (Phi) is 3.69. The number of aromatic amines is 2. The lowest BCUT2D eigenvalue weighted by Crippen LogP contribution is -2.23. The molecule has 2 unspecified atom stereocenters. The summed E-state index contributed by atoms with van der Waals surface area (Å²) in [6.07, 6.45) is -1.74. The van der Waals surface area contributed by atoms with E-state index in [1.165, 1.54) is 23.0 Å². The molecule has 0 saturated heterocycles. The van der Waals surface area contributed by atoms with Crippen LogP contribution in [0.2, 0.25) is 0 Å². The van der Waals surface area contributed by atoms with E-state index in [-0.39, 0.29) is 29.2 Å². The maximum absolute atomic E-state index is 13.0. The third-order valence-electron chi connectivity index (χ3n) is 4.41. The Labute approximate surface area is 147 Å². The number of H-pyrrole nitrogens is 2. The molecule has 3 heterocycles. The van der Waals surface area contributed by atoms with Crippen molar-refractivity contribution in [2.45, 2.75) is 24.4 Å². The van der Waals surface area contributed by atoms with Crippen LogP contribution in [0.25, 0.3) is 16.9 Å². The number of imidazole rings is 1. The average molecular weight is 386 g/mol. The summed E-state index contributed by atoms with van der Waals surface area (Å²) in [5.41, 5.74) is -0.116. The second kappa shape index (κ2) is 5.70. The van der Waals surface area contributed by atoms with Crippen molar-refractivity contribution in [2.75, 3.05) is 0 Å². The van der Waals surface area contributed by atoms with Crippen molar-refractivity contribution in [1.82, 2.24) is 24.6 Å². The Balaban J connectivity index is 1.93. The zero-order valence-corrected chi connectivity index (χ0v) is 13.7. The standard InChI is InChI=1S/C15H11ClF3N5O2/c16-3-6-4-20-12-8(7-1-10(7)15(17,18)19)2-11(23-24(6)12)9-5-21-14(26)22-13(9)25/h2,4-5,7,10H,1,3H2,(H2,21,22,25,26). The Bertz CT molecular complexity index is 1120. The Morgan fingerprint density at radius 1 is 1.35 bits per heavy atom. The molecule has 3 aromatic rings. The molecule has 1 saturated carbocycles. The molecule has 1 fully saturated rings. The van der Waals surface area contributed by atoms with E-state index in [1.807, 2.05) is 0 Å². The van der Waals surface area contributed by atoms with Gasteiger partial charge in [-0.3, -0.25) is 9.78 Å². The molecule has 1 aliphatic rings. The highest BCUT2D eigenvalue weighted by molar-refractivity contribution is 6.16. The van der Waals surface area contributed by atoms with Crippen LogP contribution in [0.5, 0.6) is 0 Å². The fourth-order valence-electron chi connectivity index (χ4n) is 3.03. The minimum absolute atomic E-state index is 0.0335. The summed E-state index contributed by atoms with van der Waals surface area (Å²) in [4.78, 5) is 31.8. The highest BCUT2D eigenvalue weighted by atomic mass is 35.5. The molecule has 3 aromatic heterocycles. The lowest BCUT2D eigenvalue weighted by Gasteiger charge is -2.09. The predicted molar refractivity (Wildman–Crippen MR) is 86.1 cm³/mol. The molecule has 0 aliphatic heterocycles. The quantitative estimate of drug-likeness (QED) is 0.675. The molecule has 2 N–H and O–H groups in total. The lowest BCUT2D eigenvalue weighted by atomic mass is 10.1. The van der Waals surface area contributed by atoms with Crippen molar-refractivity contribution in [3.8, 4) is 11.3 Å². The first-order valence-electron chi connectivity index (χ1n) is 7.62. The van der Waals surface area contributed by atoms with E-state index in [1.54, 1.807) is 0 Å². The Morgan fingerprint density at radius 2 is 2.12 bits per heavy atom. The molecule has 11 heteroatoms. The number of alkyl halides is 4. The van der Waals surface area contributed by atoms with Gasteiger partial charge in [-0.25, -0.2) is 14.3 Å². The number of rotatable bonds is 3. The van der Waals surface area contributed by atoms with Crippen LogP contribution in [-0.4, -0.2) is 30.7 Å². The largest absolute Gasteiger partial charge is 0.392 e. The molecule has 0 amide bonds. The summed E-state index contributed by atoms with van der Waals surface area (Å²) in [7, 11) is 0. The van der Waals surface area contributed by atoms with Crippen LogP contribution in [0.1, 0.15) is 23.6 Å². The van der Waals surface area contributed by atoms with Gasteiger partial charge in [-0.15, -0.1) is 11.6 Å². The van der Waals surface area contributed by atoms with Crippen molar-refractivity contribution < 1.29 is 13.2 Å². The number of nitrogens with zero attached hydrogens (tertiary/aromatic N) is 3. The maximum atomic E-state index is 13.0.